The Bertz CT molecular complexity index is 754. The fraction of sp³-hybridized carbons (Fsp3) is 0.118. The van der Waals surface area contributed by atoms with Crippen molar-refractivity contribution in [2.75, 3.05) is 0 Å². The minimum Gasteiger partial charge on any atom is -0.280 e. The van der Waals surface area contributed by atoms with Gasteiger partial charge in [0.2, 0.25) is 0 Å². The number of rotatable bonds is 1. The standard InChI is InChI=1S/C17H15NO/c1-12-8-9-15-11-13(2)18(16(15)10-12)17(19)14-6-4-3-5-7-14/h3-11H,1-2H3. The molecule has 0 fully saturated rings. The van der Waals surface area contributed by atoms with Crippen molar-refractivity contribution >= 4 is 16.8 Å². The van der Waals surface area contributed by atoms with E-state index < -0.39 is 0 Å². The van der Waals surface area contributed by atoms with Crippen LogP contribution in [0.2, 0.25) is 0 Å². The molecule has 0 aliphatic rings. The van der Waals surface area contributed by atoms with Gasteiger partial charge >= 0.3 is 0 Å². The molecule has 0 N–H and O–H groups in total. The molecule has 94 valence electrons. The Morgan fingerprint density at radius 2 is 1.68 bits per heavy atom. The van der Waals surface area contributed by atoms with Crippen molar-refractivity contribution in [1.82, 2.24) is 4.57 Å². The van der Waals surface area contributed by atoms with Crippen LogP contribution in [0.3, 0.4) is 0 Å². The van der Waals surface area contributed by atoms with Crippen LogP contribution in [0.1, 0.15) is 21.6 Å². The molecule has 1 heterocycles. The smallest absolute Gasteiger partial charge is 0.262 e. The molecule has 19 heavy (non-hydrogen) atoms. The molecule has 2 heteroatoms. The maximum Gasteiger partial charge on any atom is 0.262 e. The first-order valence-corrected chi connectivity index (χ1v) is 6.35. The lowest BCUT2D eigenvalue weighted by Crippen LogP contribution is -2.13. The van der Waals surface area contributed by atoms with Crippen LogP contribution < -0.4 is 0 Å². The fourth-order valence-electron chi connectivity index (χ4n) is 2.43. The highest BCUT2D eigenvalue weighted by atomic mass is 16.2. The van der Waals surface area contributed by atoms with Crippen molar-refractivity contribution in [3.8, 4) is 0 Å². The van der Waals surface area contributed by atoms with E-state index in [-0.39, 0.29) is 5.91 Å². The first-order valence-electron chi connectivity index (χ1n) is 6.35. The number of fused-ring (bicyclic) bond motifs is 1. The van der Waals surface area contributed by atoms with E-state index in [9.17, 15) is 4.79 Å². The van der Waals surface area contributed by atoms with E-state index in [0.717, 1.165) is 22.2 Å². The Morgan fingerprint density at radius 3 is 2.42 bits per heavy atom. The van der Waals surface area contributed by atoms with Crippen LogP contribution in [0, 0.1) is 13.8 Å². The molecule has 0 saturated carbocycles. The second-order valence-electron chi connectivity index (χ2n) is 4.85. The molecule has 3 rings (SSSR count). The third-order valence-electron chi connectivity index (χ3n) is 3.37. The molecule has 3 aromatic rings. The molecule has 0 amide bonds. The molecule has 0 bridgehead atoms. The minimum atomic E-state index is 0.0266. The number of aryl methyl sites for hydroxylation is 2. The first-order chi connectivity index (χ1) is 9.16. The SMILES string of the molecule is Cc1ccc2cc(C)n(C(=O)c3ccccc3)c2c1. The second kappa shape index (κ2) is 4.39. The highest BCUT2D eigenvalue weighted by Gasteiger charge is 2.14. The van der Waals surface area contributed by atoms with Crippen LogP contribution in [-0.4, -0.2) is 10.5 Å². The third kappa shape index (κ3) is 1.95. The van der Waals surface area contributed by atoms with Gasteiger partial charge in [-0.2, -0.15) is 0 Å². The molecule has 2 aromatic carbocycles. The Kier molecular flexibility index (Phi) is 2.71. The summed E-state index contributed by atoms with van der Waals surface area (Å²) in [6.45, 7) is 4.01. The van der Waals surface area contributed by atoms with Crippen molar-refractivity contribution in [1.29, 1.82) is 0 Å². The van der Waals surface area contributed by atoms with Gasteiger partial charge < -0.3 is 0 Å². The number of nitrogens with zero attached hydrogens (tertiary/aromatic N) is 1. The zero-order valence-electron chi connectivity index (χ0n) is 11.1. The van der Waals surface area contributed by atoms with Crippen LogP contribution in [-0.2, 0) is 0 Å². The summed E-state index contributed by atoms with van der Waals surface area (Å²) in [5.74, 6) is 0.0266. The summed E-state index contributed by atoms with van der Waals surface area (Å²) < 4.78 is 1.79. The average molecular weight is 249 g/mol. The van der Waals surface area contributed by atoms with Gasteiger partial charge in [-0.15, -0.1) is 0 Å². The molecular weight excluding hydrogens is 234 g/mol. The zero-order chi connectivity index (χ0) is 13.4. The number of benzene rings is 2. The molecule has 0 saturated heterocycles. The molecule has 0 aliphatic heterocycles. The van der Waals surface area contributed by atoms with Crippen molar-refractivity contribution in [3.05, 3.63) is 71.4 Å². The van der Waals surface area contributed by atoms with Crippen LogP contribution in [0.5, 0.6) is 0 Å². The Morgan fingerprint density at radius 1 is 0.947 bits per heavy atom. The predicted octanol–water partition coefficient (Wildman–Crippen LogP) is 3.95. The zero-order valence-corrected chi connectivity index (χ0v) is 11.1. The molecule has 0 spiro atoms. The summed E-state index contributed by atoms with van der Waals surface area (Å²) in [4.78, 5) is 12.6. The van der Waals surface area contributed by atoms with E-state index in [1.54, 1.807) is 4.57 Å². The molecule has 2 nitrogen and oxygen atoms in total. The summed E-state index contributed by atoms with van der Waals surface area (Å²) in [5, 5.41) is 1.10. The predicted molar refractivity (Wildman–Crippen MR) is 77.6 cm³/mol. The quantitative estimate of drug-likeness (QED) is 0.640. The highest BCUT2D eigenvalue weighted by Crippen LogP contribution is 2.22. The van der Waals surface area contributed by atoms with E-state index in [2.05, 4.69) is 24.3 Å². The van der Waals surface area contributed by atoms with Gasteiger partial charge in [0, 0.05) is 16.6 Å². The lowest BCUT2D eigenvalue weighted by molar-refractivity contribution is 0.0963. The summed E-state index contributed by atoms with van der Waals surface area (Å²) >= 11 is 0. The molecule has 1 aromatic heterocycles. The summed E-state index contributed by atoms with van der Waals surface area (Å²) in [5.41, 5.74) is 3.82. The maximum absolute atomic E-state index is 12.6. The van der Waals surface area contributed by atoms with E-state index in [1.165, 1.54) is 0 Å². The van der Waals surface area contributed by atoms with Gasteiger partial charge in [-0.25, -0.2) is 0 Å². The Labute approximate surface area is 112 Å². The van der Waals surface area contributed by atoms with Gasteiger partial charge in [0.1, 0.15) is 0 Å². The van der Waals surface area contributed by atoms with E-state index in [4.69, 9.17) is 0 Å². The fourth-order valence-corrected chi connectivity index (χ4v) is 2.43. The lowest BCUT2D eigenvalue weighted by atomic mass is 10.2. The van der Waals surface area contributed by atoms with Crippen molar-refractivity contribution in [3.63, 3.8) is 0 Å². The second-order valence-corrected chi connectivity index (χ2v) is 4.85. The van der Waals surface area contributed by atoms with E-state index >= 15 is 0 Å². The third-order valence-corrected chi connectivity index (χ3v) is 3.37. The van der Waals surface area contributed by atoms with Gasteiger partial charge in [-0.1, -0.05) is 30.3 Å². The number of carbonyl (C=O) groups excluding carboxylic acids is 1. The van der Waals surface area contributed by atoms with Crippen molar-refractivity contribution < 1.29 is 4.79 Å². The molecule has 0 radical (unpaired) electrons. The van der Waals surface area contributed by atoms with E-state index in [1.807, 2.05) is 44.2 Å². The molecular formula is C17H15NO. The molecule has 0 unspecified atom stereocenters. The van der Waals surface area contributed by atoms with Gasteiger partial charge in [-0.05, 0) is 43.7 Å². The Balaban J connectivity index is 2.22. The first kappa shape index (κ1) is 11.7. The molecule has 0 aliphatic carbocycles. The number of aromatic nitrogens is 1. The van der Waals surface area contributed by atoms with Gasteiger partial charge in [0.15, 0.2) is 0 Å². The van der Waals surface area contributed by atoms with Crippen LogP contribution in [0.4, 0.5) is 0 Å². The summed E-state index contributed by atoms with van der Waals surface area (Å²) in [7, 11) is 0. The summed E-state index contributed by atoms with van der Waals surface area (Å²) in [6, 6.07) is 17.6. The van der Waals surface area contributed by atoms with Crippen LogP contribution >= 0.6 is 0 Å². The van der Waals surface area contributed by atoms with Gasteiger partial charge in [0.25, 0.3) is 5.91 Å². The number of hydrogen-bond donors (Lipinski definition) is 0. The van der Waals surface area contributed by atoms with Crippen molar-refractivity contribution in [2.24, 2.45) is 0 Å². The Hall–Kier alpha value is -2.35. The average Bonchev–Trinajstić information content (AvgIpc) is 2.74. The largest absolute Gasteiger partial charge is 0.280 e. The molecule has 0 atom stereocenters. The number of hydrogen-bond acceptors (Lipinski definition) is 1. The maximum atomic E-state index is 12.6. The van der Waals surface area contributed by atoms with E-state index in [0.29, 0.717) is 5.56 Å². The van der Waals surface area contributed by atoms with Crippen LogP contribution in [0.25, 0.3) is 10.9 Å². The monoisotopic (exact) mass is 249 g/mol. The van der Waals surface area contributed by atoms with Crippen LogP contribution in [0.15, 0.2) is 54.6 Å². The summed E-state index contributed by atoms with van der Waals surface area (Å²) in [6.07, 6.45) is 0. The van der Waals surface area contributed by atoms with Gasteiger partial charge in [-0.3, -0.25) is 9.36 Å². The lowest BCUT2D eigenvalue weighted by Gasteiger charge is -2.07. The van der Waals surface area contributed by atoms with Gasteiger partial charge in [0.05, 0.1) is 5.52 Å². The highest BCUT2D eigenvalue weighted by molar-refractivity contribution is 6.03. The minimum absolute atomic E-state index is 0.0266. The number of carbonyl (C=O) groups is 1. The normalized spacial score (nSPS) is 10.8. The topological polar surface area (TPSA) is 22.0 Å². The van der Waals surface area contributed by atoms with Crippen molar-refractivity contribution in [2.45, 2.75) is 13.8 Å².